The monoisotopic (exact) mass is 422 g/mol. The molecule has 0 bridgehead atoms. The Hall–Kier alpha value is -3.11. The van der Waals surface area contributed by atoms with Gasteiger partial charge in [-0.2, -0.15) is 0 Å². The highest BCUT2D eigenvalue weighted by Crippen LogP contribution is 2.28. The van der Waals surface area contributed by atoms with E-state index in [4.69, 9.17) is 4.74 Å². The van der Waals surface area contributed by atoms with Crippen molar-refractivity contribution in [3.8, 4) is 0 Å². The lowest BCUT2D eigenvalue weighted by Gasteiger charge is -2.26. The van der Waals surface area contributed by atoms with E-state index in [9.17, 15) is 4.79 Å². The Kier molecular flexibility index (Phi) is 5.72. The van der Waals surface area contributed by atoms with Crippen LogP contribution in [0, 0.1) is 0 Å². The summed E-state index contributed by atoms with van der Waals surface area (Å²) in [6.45, 7) is 6.43. The zero-order chi connectivity index (χ0) is 21.0. The van der Waals surface area contributed by atoms with Crippen LogP contribution in [0.4, 0.5) is 5.95 Å². The van der Waals surface area contributed by atoms with E-state index in [1.54, 1.807) is 18.5 Å². The predicted molar refractivity (Wildman–Crippen MR) is 114 cm³/mol. The molecule has 3 aromatic heterocycles. The molecule has 1 amide bonds. The smallest absolute Gasteiger partial charge is 0.252 e. The van der Waals surface area contributed by atoms with Crippen LogP contribution in [0.1, 0.15) is 28.5 Å². The van der Waals surface area contributed by atoms with Crippen molar-refractivity contribution in [3.05, 3.63) is 48.2 Å². The van der Waals surface area contributed by atoms with E-state index in [1.165, 1.54) is 0 Å². The summed E-state index contributed by atoms with van der Waals surface area (Å²) in [4.78, 5) is 25.8. The van der Waals surface area contributed by atoms with Gasteiger partial charge in [0.25, 0.3) is 5.91 Å². The lowest BCUT2D eigenvalue weighted by Crippen LogP contribution is -2.41. The lowest BCUT2D eigenvalue weighted by molar-refractivity contribution is 0.0383. The molecule has 0 aromatic carbocycles. The van der Waals surface area contributed by atoms with Crippen molar-refractivity contribution in [2.45, 2.75) is 12.3 Å². The molecule has 5 rings (SSSR count). The summed E-state index contributed by atoms with van der Waals surface area (Å²) in [6.07, 6.45) is 6.30. The van der Waals surface area contributed by atoms with Crippen molar-refractivity contribution >= 4 is 17.5 Å². The van der Waals surface area contributed by atoms with Crippen molar-refractivity contribution in [3.63, 3.8) is 0 Å². The van der Waals surface area contributed by atoms with Crippen molar-refractivity contribution in [2.75, 3.05) is 57.4 Å². The standard InChI is InChI=1S/C21H26N8O2/c30-20(22-7-9-27-10-12-31-13-11-27)17-2-3-18-25-26-19(29(18)15-17)16-4-8-28(14-16)21-23-5-1-6-24-21/h1-3,5-6,15-16H,4,7-14H2,(H,22,30). The molecule has 5 heterocycles. The largest absolute Gasteiger partial charge is 0.379 e. The van der Waals surface area contributed by atoms with Crippen LogP contribution in [-0.4, -0.2) is 87.9 Å². The molecular weight excluding hydrogens is 396 g/mol. The van der Waals surface area contributed by atoms with Gasteiger partial charge in [-0.1, -0.05) is 0 Å². The van der Waals surface area contributed by atoms with Crippen LogP contribution in [0.15, 0.2) is 36.8 Å². The highest BCUT2D eigenvalue weighted by molar-refractivity contribution is 5.94. The fraction of sp³-hybridized carbons (Fsp3) is 0.476. The number of anilines is 1. The first-order valence-corrected chi connectivity index (χ1v) is 10.7. The SMILES string of the molecule is O=C(NCCN1CCOCC1)c1ccc2nnc(C3CCN(c4ncccn4)C3)n2c1. The van der Waals surface area contributed by atoms with Crippen molar-refractivity contribution in [1.82, 2.24) is 34.8 Å². The van der Waals surface area contributed by atoms with Gasteiger partial charge >= 0.3 is 0 Å². The molecule has 0 radical (unpaired) electrons. The number of rotatable bonds is 6. The van der Waals surface area contributed by atoms with Gasteiger partial charge in [-0.3, -0.25) is 14.1 Å². The van der Waals surface area contributed by atoms with Crippen molar-refractivity contribution < 1.29 is 9.53 Å². The molecule has 0 spiro atoms. The number of carbonyl (C=O) groups excluding carboxylic acids is 1. The number of carbonyl (C=O) groups is 1. The van der Waals surface area contributed by atoms with Crippen LogP contribution in [0.5, 0.6) is 0 Å². The summed E-state index contributed by atoms with van der Waals surface area (Å²) >= 11 is 0. The van der Waals surface area contributed by atoms with Gasteiger partial charge in [0.1, 0.15) is 5.82 Å². The minimum Gasteiger partial charge on any atom is -0.379 e. The number of hydrogen-bond donors (Lipinski definition) is 1. The van der Waals surface area contributed by atoms with E-state index in [0.717, 1.165) is 69.8 Å². The summed E-state index contributed by atoms with van der Waals surface area (Å²) < 4.78 is 7.30. The van der Waals surface area contributed by atoms with E-state index in [0.29, 0.717) is 12.1 Å². The number of ether oxygens (including phenoxy) is 1. The Labute approximate surface area is 180 Å². The number of amides is 1. The Balaban J connectivity index is 1.25. The van der Waals surface area contributed by atoms with Crippen LogP contribution in [0.3, 0.4) is 0 Å². The van der Waals surface area contributed by atoms with E-state index >= 15 is 0 Å². The average Bonchev–Trinajstić information content (AvgIpc) is 3.47. The van der Waals surface area contributed by atoms with Gasteiger partial charge in [-0.15, -0.1) is 10.2 Å². The molecule has 2 aliphatic rings. The van der Waals surface area contributed by atoms with Crippen LogP contribution in [0.25, 0.3) is 5.65 Å². The van der Waals surface area contributed by atoms with Crippen molar-refractivity contribution in [1.29, 1.82) is 0 Å². The second kappa shape index (κ2) is 8.94. The van der Waals surface area contributed by atoms with Gasteiger partial charge in [0, 0.05) is 63.8 Å². The molecule has 31 heavy (non-hydrogen) atoms. The van der Waals surface area contributed by atoms with Gasteiger partial charge in [0.05, 0.1) is 18.8 Å². The molecule has 162 valence electrons. The summed E-state index contributed by atoms with van der Waals surface area (Å²) in [5.74, 6) is 1.73. The highest BCUT2D eigenvalue weighted by Gasteiger charge is 2.29. The topological polar surface area (TPSA) is 101 Å². The molecule has 1 N–H and O–H groups in total. The van der Waals surface area contributed by atoms with Gasteiger partial charge in [-0.05, 0) is 24.6 Å². The molecule has 0 aliphatic carbocycles. The third-order valence-electron chi connectivity index (χ3n) is 5.90. The van der Waals surface area contributed by atoms with Gasteiger partial charge in [0.15, 0.2) is 5.65 Å². The van der Waals surface area contributed by atoms with E-state index in [-0.39, 0.29) is 11.8 Å². The minimum absolute atomic E-state index is 0.0828. The molecule has 1 unspecified atom stereocenters. The number of fused-ring (bicyclic) bond motifs is 1. The van der Waals surface area contributed by atoms with Crippen LogP contribution < -0.4 is 10.2 Å². The third kappa shape index (κ3) is 4.35. The number of nitrogens with one attached hydrogen (secondary N) is 1. The number of hydrogen-bond acceptors (Lipinski definition) is 8. The molecule has 0 saturated carbocycles. The van der Waals surface area contributed by atoms with Crippen LogP contribution in [-0.2, 0) is 4.74 Å². The maximum Gasteiger partial charge on any atom is 0.252 e. The first-order valence-electron chi connectivity index (χ1n) is 10.7. The zero-order valence-electron chi connectivity index (χ0n) is 17.4. The molecule has 2 fully saturated rings. The van der Waals surface area contributed by atoms with E-state index in [2.05, 4.69) is 35.3 Å². The van der Waals surface area contributed by atoms with Gasteiger partial charge < -0.3 is 15.0 Å². The number of morpholine rings is 1. The minimum atomic E-state index is -0.0828. The maximum absolute atomic E-state index is 12.7. The third-order valence-corrected chi connectivity index (χ3v) is 5.90. The average molecular weight is 422 g/mol. The van der Waals surface area contributed by atoms with Gasteiger partial charge in [0.2, 0.25) is 5.95 Å². The second-order valence-corrected chi connectivity index (χ2v) is 7.89. The molecular formula is C21H26N8O2. The van der Waals surface area contributed by atoms with E-state index < -0.39 is 0 Å². The molecule has 2 saturated heterocycles. The first-order chi connectivity index (χ1) is 15.3. The highest BCUT2D eigenvalue weighted by atomic mass is 16.5. The van der Waals surface area contributed by atoms with Crippen molar-refractivity contribution in [2.24, 2.45) is 0 Å². The quantitative estimate of drug-likeness (QED) is 0.616. The lowest BCUT2D eigenvalue weighted by atomic mass is 10.1. The normalized spacial score (nSPS) is 19.7. The van der Waals surface area contributed by atoms with Crippen LogP contribution >= 0.6 is 0 Å². The molecule has 10 heteroatoms. The molecule has 10 nitrogen and oxygen atoms in total. The Morgan fingerprint density at radius 1 is 1.13 bits per heavy atom. The van der Waals surface area contributed by atoms with Gasteiger partial charge in [-0.25, -0.2) is 9.97 Å². The Morgan fingerprint density at radius 3 is 2.81 bits per heavy atom. The zero-order valence-corrected chi connectivity index (χ0v) is 17.4. The fourth-order valence-corrected chi connectivity index (χ4v) is 4.18. The summed E-state index contributed by atoms with van der Waals surface area (Å²) in [7, 11) is 0. The summed E-state index contributed by atoms with van der Waals surface area (Å²) in [5.41, 5.74) is 1.35. The fourth-order valence-electron chi connectivity index (χ4n) is 4.18. The van der Waals surface area contributed by atoms with E-state index in [1.807, 2.05) is 22.7 Å². The number of pyridine rings is 1. The number of aromatic nitrogens is 5. The first kappa shape index (κ1) is 19.8. The molecule has 2 aliphatic heterocycles. The Bertz CT molecular complexity index is 1030. The van der Waals surface area contributed by atoms with Crippen LogP contribution in [0.2, 0.25) is 0 Å². The summed E-state index contributed by atoms with van der Waals surface area (Å²) in [6, 6.07) is 5.47. The molecule has 1 atom stereocenters. The maximum atomic E-state index is 12.7. The number of nitrogens with zero attached hydrogens (tertiary/aromatic N) is 7. The predicted octanol–water partition coefficient (Wildman–Crippen LogP) is 0.575. The second-order valence-electron chi connectivity index (χ2n) is 7.89. The molecule has 3 aromatic rings. The Morgan fingerprint density at radius 2 is 1.97 bits per heavy atom. The summed E-state index contributed by atoms with van der Waals surface area (Å²) in [5, 5.41) is 11.7.